The van der Waals surface area contributed by atoms with Crippen LogP contribution in [0.5, 0.6) is 0 Å². The fourth-order valence-corrected chi connectivity index (χ4v) is 30.7. The Labute approximate surface area is 512 Å². The summed E-state index contributed by atoms with van der Waals surface area (Å²) in [5.41, 5.74) is 0. The molecule has 0 aromatic carbocycles. The molecule has 12 heteroatoms. The van der Waals surface area contributed by atoms with Crippen LogP contribution < -0.4 is 0 Å². The molecular weight excluding hydrogens is 1050 g/mol. The van der Waals surface area contributed by atoms with Crippen LogP contribution in [-0.4, -0.2) is 152 Å². The van der Waals surface area contributed by atoms with Crippen LogP contribution in [-0.2, 0) is 0 Å². The first kappa shape index (κ1) is 81.4. The standard InChI is InChI=1S/C68H150N8P4/c1-18-35-51-69(52-36-19-2)77(70(53-37-20-3)54-38-21-4)67(78(71(55-39-22-5)56-40-23-6)72(57-41-24-7)58-42-25-8)68(34-17,79(73(59-43-26-9)60-44-27-10)74(61-45-28-11)62-46-29-12)80(75(63-47-30-13)64-48-31-14)76(65-49-32-15)66-50-33-16/h67H,18-66H2,1-17H3. The van der Waals surface area contributed by atoms with Gasteiger partial charge in [0.05, 0.1) is 43.2 Å². The van der Waals surface area contributed by atoms with Crippen LogP contribution in [0, 0.1) is 0 Å². The minimum Gasteiger partial charge on any atom is -0.269 e. The van der Waals surface area contributed by atoms with E-state index in [0.717, 1.165) is 0 Å². The Hall–Kier alpha value is 1.40. The van der Waals surface area contributed by atoms with Crippen molar-refractivity contribution >= 4 is 32.9 Å². The summed E-state index contributed by atoms with van der Waals surface area (Å²) in [4.78, 5) is 0.0364. The maximum atomic E-state index is 3.39. The van der Waals surface area contributed by atoms with Crippen molar-refractivity contribution in [2.45, 2.75) is 340 Å². The van der Waals surface area contributed by atoms with E-state index in [-0.39, 0.29) is 4.90 Å². The molecule has 0 unspecified atom stereocenters. The van der Waals surface area contributed by atoms with E-state index in [1.165, 1.54) is 317 Å². The third-order valence-corrected chi connectivity index (χ3v) is 31.7. The molecule has 80 heavy (non-hydrogen) atoms. The number of unbranched alkanes of at least 4 members (excludes halogenated alkanes) is 16. The lowest BCUT2D eigenvalue weighted by molar-refractivity contribution is 0.318. The van der Waals surface area contributed by atoms with E-state index >= 15 is 0 Å². The molecule has 0 aliphatic rings. The predicted molar refractivity (Wildman–Crippen MR) is 376 cm³/mol. The van der Waals surface area contributed by atoms with Gasteiger partial charge in [-0.2, -0.15) is 0 Å². The first-order valence-corrected chi connectivity index (χ1v) is 41.4. The normalized spacial score (nSPS) is 13.0. The van der Waals surface area contributed by atoms with Gasteiger partial charge in [-0.25, -0.2) is 0 Å². The van der Waals surface area contributed by atoms with Crippen molar-refractivity contribution in [3.8, 4) is 0 Å². The van der Waals surface area contributed by atoms with Crippen molar-refractivity contribution in [2.75, 3.05) is 105 Å². The molecule has 0 fully saturated rings. The average Bonchev–Trinajstić information content (AvgIpc) is 3.37. The van der Waals surface area contributed by atoms with Crippen LogP contribution in [0.3, 0.4) is 0 Å². The predicted octanol–water partition coefficient (Wildman–Crippen LogP) is 22.9. The lowest BCUT2D eigenvalue weighted by Crippen LogP contribution is -2.57. The third-order valence-electron chi connectivity index (χ3n) is 16.6. The van der Waals surface area contributed by atoms with Gasteiger partial charge in [0.1, 0.15) is 0 Å². The van der Waals surface area contributed by atoms with Gasteiger partial charge in [0.15, 0.2) is 0 Å². The molecule has 0 radical (unpaired) electrons. The van der Waals surface area contributed by atoms with E-state index < -0.39 is 32.9 Å². The maximum absolute atomic E-state index is 3.39. The second-order valence-corrected chi connectivity index (χ2v) is 34.5. The topological polar surface area (TPSA) is 25.9 Å². The summed E-state index contributed by atoms with van der Waals surface area (Å²) in [6.45, 7) is 63.2. The molecule has 0 bridgehead atoms. The zero-order valence-electron chi connectivity index (χ0n) is 58.1. The molecule has 0 amide bonds. The molecule has 0 aliphatic carbocycles. The summed E-state index contributed by atoms with van der Waals surface area (Å²) < 4.78 is 27.1. The highest BCUT2D eigenvalue weighted by Crippen LogP contribution is 2.85. The van der Waals surface area contributed by atoms with E-state index in [2.05, 4.69) is 155 Å². The minimum atomic E-state index is -0.815. The second kappa shape index (κ2) is 55.7. The zero-order chi connectivity index (χ0) is 59.7. The molecular formula is C68H150N8P4. The van der Waals surface area contributed by atoms with Gasteiger partial charge in [-0.1, -0.05) is 220 Å². The summed E-state index contributed by atoms with van der Waals surface area (Å²) in [6.07, 6.45) is 42.7. The van der Waals surface area contributed by atoms with Crippen LogP contribution in [0.1, 0.15) is 330 Å². The Morgan fingerprint density at radius 1 is 0.200 bits per heavy atom. The number of nitrogens with zero attached hydrogens (tertiary/aromatic N) is 8. The Morgan fingerprint density at radius 3 is 0.438 bits per heavy atom. The van der Waals surface area contributed by atoms with Gasteiger partial charge in [0.2, 0.25) is 0 Å². The number of hydrogen-bond acceptors (Lipinski definition) is 8. The molecule has 482 valence electrons. The molecule has 0 aliphatic heterocycles. The van der Waals surface area contributed by atoms with Gasteiger partial charge in [0.25, 0.3) is 0 Å². The van der Waals surface area contributed by atoms with Gasteiger partial charge in [-0.05, 0) is 109 Å². The second-order valence-electron chi connectivity index (χ2n) is 24.1. The fourth-order valence-electron chi connectivity index (χ4n) is 11.4. The van der Waals surface area contributed by atoms with Crippen molar-refractivity contribution in [3.63, 3.8) is 0 Å². The van der Waals surface area contributed by atoms with Crippen LogP contribution in [0.2, 0.25) is 0 Å². The smallest absolute Gasteiger partial charge is 0.0798 e. The Balaban J connectivity index is 11.5. The summed E-state index contributed by atoms with van der Waals surface area (Å²) in [5.74, 6) is 0. The Bertz CT molecular complexity index is 1060. The summed E-state index contributed by atoms with van der Waals surface area (Å²) >= 11 is 0. The SMILES string of the molecule is CCCCN(CCCC)P(C(P(N(CCCC)CCCC)N(CCCC)CCCC)C(CC)(P(N(CCCC)CCCC)N(CCCC)CCCC)P(N(CCCC)CCCC)N(CCCC)CCCC)N(CCCC)CCCC. The quantitative estimate of drug-likeness (QED) is 0.0556. The van der Waals surface area contributed by atoms with E-state index in [0.29, 0.717) is 5.40 Å². The number of hydrogen-bond donors (Lipinski definition) is 0. The van der Waals surface area contributed by atoms with Crippen LogP contribution >= 0.6 is 32.9 Å². The summed E-state index contributed by atoms with van der Waals surface area (Å²) in [6, 6.07) is 0. The molecule has 0 aromatic heterocycles. The molecule has 8 nitrogen and oxygen atoms in total. The van der Waals surface area contributed by atoms with Crippen molar-refractivity contribution in [1.29, 1.82) is 0 Å². The largest absolute Gasteiger partial charge is 0.269 e. The van der Waals surface area contributed by atoms with Crippen LogP contribution in [0.25, 0.3) is 0 Å². The van der Waals surface area contributed by atoms with Gasteiger partial charge in [-0.15, -0.1) is 0 Å². The van der Waals surface area contributed by atoms with Crippen molar-refractivity contribution in [3.05, 3.63) is 0 Å². The first-order chi connectivity index (χ1) is 39.1. The van der Waals surface area contributed by atoms with E-state index in [1.807, 2.05) is 0 Å². The van der Waals surface area contributed by atoms with E-state index in [1.54, 1.807) is 0 Å². The van der Waals surface area contributed by atoms with E-state index in [4.69, 9.17) is 0 Å². The molecule has 0 N–H and O–H groups in total. The minimum absolute atomic E-state index is 0.0364. The van der Waals surface area contributed by atoms with Crippen molar-refractivity contribution in [2.24, 2.45) is 0 Å². The Morgan fingerprint density at radius 2 is 0.325 bits per heavy atom. The van der Waals surface area contributed by atoms with Crippen LogP contribution in [0.4, 0.5) is 0 Å². The van der Waals surface area contributed by atoms with Gasteiger partial charge in [0, 0.05) is 105 Å². The first-order valence-electron chi connectivity index (χ1n) is 36.3. The molecule has 0 aromatic rings. The molecule has 0 saturated carbocycles. The number of rotatable bonds is 62. The maximum Gasteiger partial charge on any atom is 0.0798 e. The van der Waals surface area contributed by atoms with Crippen LogP contribution in [0.15, 0.2) is 0 Å². The molecule has 0 rings (SSSR count). The van der Waals surface area contributed by atoms with Gasteiger partial charge in [-0.3, -0.25) is 37.4 Å². The molecule has 0 spiro atoms. The average molecular weight is 1200 g/mol. The van der Waals surface area contributed by atoms with Gasteiger partial charge >= 0.3 is 0 Å². The highest BCUT2D eigenvalue weighted by atomic mass is 31.2. The summed E-state index contributed by atoms with van der Waals surface area (Å²) in [5, 5.41) is 0.535. The lowest BCUT2D eigenvalue weighted by atomic mass is 10.3. The highest BCUT2D eigenvalue weighted by molar-refractivity contribution is 7.80. The monoisotopic (exact) mass is 1200 g/mol. The highest BCUT2D eigenvalue weighted by Gasteiger charge is 2.64. The molecule has 0 saturated heterocycles. The third kappa shape index (κ3) is 30.5. The van der Waals surface area contributed by atoms with Gasteiger partial charge < -0.3 is 0 Å². The van der Waals surface area contributed by atoms with E-state index in [9.17, 15) is 0 Å². The lowest BCUT2D eigenvalue weighted by Gasteiger charge is -2.65. The molecule has 0 heterocycles. The molecule has 0 atom stereocenters. The van der Waals surface area contributed by atoms with Crippen molar-refractivity contribution < 1.29 is 0 Å². The zero-order valence-corrected chi connectivity index (χ0v) is 61.7. The summed E-state index contributed by atoms with van der Waals surface area (Å²) in [7, 11) is -3.20. The van der Waals surface area contributed by atoms with Crippen molar-refractivity contribution in [1.82, 2.24) is 37.4 Å². The fraction of sp³-hybridized carbons (Fsp3) is 1.00. The Kier molecular flexibility index (Phi) is 56.7.